The molecular weight excluding hydrogens is 236 g/mol. The van der Waals surface area contributed by atoms with E-state index in [9.17, 15) is 20.1 Å². The van der Waals surface area contributed by atoms with Crippen LogP contribution in [0.25, 0.3) is 0 Å². The molecule has 1 heterocycles. The van der Waals surface area contributed by atoms with Gasteiger partial charge in [-0.15, -0.1) is 0 Å². The van der Waals surface area contributed by atoms with E-state index in [0.717, 1.165) is 0 Å². The standard InChI is InChI=1S/C13H12O5/c14-8-3-1-2-7-11(8)9(15)6-13(12(7)17)5-4-10(16)18-13/h1-5,9,12,14-15,17H,6H2/t9-,12-,13-/m1/s1. The summed E-state index contributed by atoms with van der Waals surface area (Å²) in [5.74, 6) is -0.605. The van der Waals surface area contributed by atoms with E-state index in [1.807, 2.05) is 0 Å². The maximum atomic E-state index is 11.2. The zero-order valence-electron chi connectivity index (χ0n) is 9.41. The molecule has 0 saturated carbocycles. The Hall–Kier alpha value is -1.85. The fourth-order valence-corrected chi connectivity index (χ4v) is 2.67. The third-order valence-electron chi connectivity index (χ3n) is 3.51. The van der Waals surface area contributed by atoms with Crippen molar-refractivity contribution in [3.63, 3.8) is 0 Å². The molecule has 1 aliphatic heterocycles. The molecule has 3 N–H and O–H groups in total. The van der Waals surface area contributed by atoms with Crippen LogP contribution in [0.3, 0.4) is 0 Å². The number of rotatable bonds is 0. The molecule has 0 unspecified atom stereocenters. The monoisotopic (exact) mass is 248 g/mol. The highest BCUT2D eigenvalue weighted by Gasteiger charge is 2.50. The van der Waals surface area contributed by atoms with E-state index in [2.05, 4.69) is 0 Å². The minimum absolute atomic E-state index is 0.0288. The van der Waals surface area contributed by atoms with Crippen LogP contribution in [0.15, 0.2) is 30.4 Å². The fourth-order valence-electron chi connectivity index (χ4n) is 2.67. The Labute approximate surface area is 103 Å². The minimum atomic E-state index is -1.22. The maximum absolute atomic E-state index is 11.2. The van der Waals surface area contributed by atoms with Crippen molar-refractivity contribution in [1.29, 1.82) is 0 Å². The van der Waals surface area contributed by atoms with Crippen LogP contribution in [-0.4, -0.2) is 26.9 Å². The largest absolute Gasteiger partial charge is 0.508 e. The molecule has 5 nitrogen and oxygen atoms in total. The van der Waals surface area contributed by atoms with Crippen LogP contribution in [-0.2, 0) is 9.53 Å². The molecule has 1 aliphatic carbocycles. The SMILES string of the molecule is O=C1C=C[C@]2(C[C@@H](O)c3c(O)cccc3[C@H]2O)O1. The van der Waals surface area contributed by atoms with Gasteiger partial charge in [-0.05, 0) is 17.7 Å². The van der Waals surface area contributed by atoms with Crippen LogP contribution in [0.2, 0.25) is 0 Å². The first kappa shape index (κ1) is 11.3. The van der Waals surface area contributed by atoms with Gasteiger partial charge in [0.15, 0.2) is 5.60 Å². The van der Waals surface area contributed by atoms with Gasteiger partial charge >= 0.3 is 5.97 Å². The van der Waals surface area contributed by atoms with Crippen molar-refractivity contribution in [2.75, 3.05) is 0 Å². The van der Waals surface area contributed by atoms with Gasteiger partial charge in [0.25, 0.3) is 0 Å². The summed E-state index contributed by atoms with van der Waals surface area (Å²) in [5.41, 5.74) is -0.544. The molecule has 0 bridgehead atoms. The number of aliphatic hydroxyl groups is 2. The summed E-state index contributed by atoms with van der Waals surface area (Å²) in [6.07, 6.45) is 0.659. The predicted octanol–water partition coefficient (Wildman–Crippen LogP) is 0.714. The molecule has 1 aromatic carbocycles. The zero-order chi connectivity index (χ0) is 12.9. The highest BCUT2D eigenvalue weighted by molar-refractivity contribution is 5.85. The lowest BCUT2D eigenvalue weighted by molar-refractivity contribution is -0.161. The minimum Gasteiger partial charge on any atom is -0.508 e. The number of benzene rings is 1. The molecule has 3 rings (SSSR count). The smallest absolute Gasteiger partial charge is 0.331 e. The van der Waals surface area contributed by atoms with Gasteiger partial charge in [-0.25, -0.2) is 4.79 Å². The van der Waals surface area contributed by atoms with Crippen molar-refractivity contribution in [2.45, 2.75) is 24.2 Å². The maximum Gasteiger partial charge on any atom is 0.331 e. The average molecular weight is 248 g/mol. The number of aliphatic hydroxyl groups excluding tert-OH is 2. The highest BCUT2D eigenvalue weighted by Crippen LogP contribution is 2.49. The number of phenols is 1. The quantitative estimate of drug-likeness (QED) is 0.589. The molecule has 0 fully saturated rings. The Morgan fingerprint density at radius 1 is 1.33 bits per heavy atom. The van der Waals surface area contributed by atoms with Gasteiger partial charge in [-0.1, -0.05) is 12.1 Å². The Bertz CT molecular complexity index is 550. The van der Waals surface area contributed by atoms with Gasteiger partial charge in [-0.3, -0.25) is 0 Å². The van der Waals surface area contributed by atoms with Crippen LogP contribution in [0, 0.1) is 0 Å². The van der Waals surface area contributed by atoms with E-state index in [4.69, 9.17) is 4.74 Å². The first-order chi connectivity index (χ1) is 8.53. The van der Waals surface area contributed by atoms with Gasteiger partial charge in [0.2, 0.25) is 0 Å². The van der Waals surface area contributed by atoms with E-state index < -0.39 is 23.8 Å². The first-order valence-corrected chi connectivity index (χ1v) is 5.63. The molecule has 0 saturated heterocycles. The molecule has 2 aliphatic rings. The number of phenolic OH excluding ortho intramolecular Hbond substituents is 1. The summed E-state index contributed by atoms with van der Waals surface area (Å²) in [5, 5.41) is 30.1. The topological polar surface area (TPSA) is 87.0 Å². The van der Waals surface area contributed by atoms with Gasteiger partial charge in [0.1, 0.15) is 11.9 Å². The molecule has 1 spiro atoms. The normalized spacial score (nSPS) is 33.6. The summed E-state index contributed by atoms with van der Waals surface area (Å²) in [6.45, 7) is 0. The molecule has 0 radical (unpaired) electrons. The Kier molecular flexibility index (Phi) is 2.23. The Morgan fingerprint density at radius 3 is 2.78 bits per heavy atom. The molecule has 0 amide bonds. The van der Waals surface area contributed by atoms with Crippen molar-refractivity contribution in [3.05, 3.63) is 41.5 Å². The van der Waals surface area contributed by atoms with Crippen molar-refractivity contribution < 1.29 is 24.9 Å². The number of carbonyl (C=O) groups is 1. The second-order valence-corrected chi connectivity index (χ2v) is 4.61. The van der Waals surface area contributed by atoms with E-state index in [1.165, 1.54) is 18.2 Å². The van der Waals surface area contributed by atoms with Gasteiger partial charge in [-0.2, -0.15) is 0 Å². The third-order valence-corrected chi connectivity index (χ3v) is 3.51. The highest BCUT2D eigenvalue weighted by atomic mass is 16.6. The number of hydrogen-bond acceptors (Lipinski definition) is 5. The molecule has 94 valence electrons. The summed E-state index contributed by atoms with van der Waals surface area (Å²) < 4.78 is 5.13. The Morgan fingerprint density at radius 2 is 2.11 bits per heavy atom. The summed E-state index contributed by atoms with van der Waals surface area (Å²) in [7, 11) is 0. The van der Waals surface area contributed by atoms with Crippen LogP contribution in [0.4, 0.5) is 0 Å². The van der Waals surface area contributed by atoms with Crippen LogP contribution >= 0.6 is 0 Å². The molecule has 18 heavy (non-hydrogen) atoms. The van der Waals surface area contributed by atoms with E-state index >= 15 is 0 Å². The van der Waals surface area contributed by atoms with Crippen LogP contribution in [0.5, 0.6) is 5.75 Å². The molecule has 0 aromatic heterocycles. The number of carbonyl (C=O) groups excluding carboxylic acids is 1. The second-order valence-electron chi connectivity index (χ2n) is 4.61. The lowest BCUT2D eigenvalue weighted by Gasteiger charge is -2.39. The van der Waals surface area contributed by atoms with Crippen LogP contribution < -0.4 is 0 Å². The Balaban J connectivity index is 2.13. The first-order valence-electron chi connectivity index (χ1n) is 5.63. The number of hydrogen-bond donors (Lipinski definition) is 3. The van der Waals surface area contributed by atoms with Gasteiger partial charge in [0.05, 0.1) is 6.10 Å². The molecule has 1 aromatic rings. The molecule has 5 heteroatoms. The van der Waals surface area contributed by atoms with E-state index in [0.29, 0.717) is 11.1 Å². The van der Waals surface area contributed by atoms with Crippen molar-refractivity contribution >= 4 is 5.97 Å². The number of aromatic hydroxyl groups is 1. The predicted molar refractivity (Wildman–Crippen MR) is 60.6 cm³/mol. The lowest BCUT2D eigenvalue weighted by atomic mass is 9.76. The van der Waals surface area contributed by atoms with Gasteiger partial charge < -0.3 is 20.1 Å². The summed E-state index contributed by atoms with van der Waals surface area (Å²) in [4.78, 5) is 11.2. The third kappa shape index (κ3) is 1.38. The lowest BCUT2D eigenvalue weighted by Crippen LogP contribution is -2.41. The van der Waals surface area contributed by atoms with Gasteiger partial charge in [0, 0.05) is 18.1 Å². The van der Waals surface area contributed by atoms with E-state index in [1.54, 1.807) is 12.1 Å². The summed E-state index contributed by atoms with van der Waals surface area (Å²) in [6, 6.07) is 4.62. The molecule has 3 atom stereocenters. The second kappa shape index (κ2) is 3.57. The number of ether oxygens (including phenoxy) is 1. The van der Waals surface area contributed by atoms with Crippen molar-refractivity contribution in [1.82, 2.24) is 0 Å². The number of esters is 1. The van der Waals surface area contributed by atoms with Crippen LogP contribution in [0.1, 0.15) is 29.8 Å². The number of fused-ring (bicyclic) bond motifs is 1. The van der Waals surface area contributed by atoms with Crippen molar-refractivity contribution in [2.24, 2.45) is 0 Å². The van der Waals surface area contributed by atoms with Crippen molar-refractivity contribution in [3.8, 4) is 5.75 Å². The average Bonchev–Trinajstić information content (AvgIpc) is 2.68. The zero-order valence-corrected chi connectivity index (χ0v) is 9.41. The fraction of sp³-hybridized carbons (Fsp3) is 0.308. The summed E-state index contributed by atoms with van der Waals surface area (Å²) >= 11 is 0. The molecular formula is C13H12O5. The van der Waals surface area contributed by atoms with E-state index in [-0.39, 0.29) is 12.2 Å².